The van der Waals surface area contributed by atoms with Gasteiger partial charge in [0.1, 0.15) is 0 Å². The molecule has 11 heavy (non-hydrogen) atoms. The van der Waals surface area contributed by atoms with Crippen LogP contribution in [0.2, 0.25) is 0 Å². The van der Waals surface area contributed by atoms with Crippen LogP contribution in [0.4, 0.5) is 0 Å². The van der Waals surface area contributed by atoms with Crippen molar-refractivity contribution in [3.63, 3.8) is 0 Å². The highest BCUT2D eigenvalue weighted by Gasteiger charge is 2.01. The summed E-state index contributed by atoms with van der Waals surface area (Å²) in [6.45, 7) is 2.10. The Balaban J connectivity index is 3.48. The summed E-state index contributed by atoms with van der Waals surface area (Å²) in [6.07, 6.45) is 5.70. The van der Waals surface area contributed by atoms with Crippen LogP contribution in [0.5, 0.6) is 0 Å². The molecular weight excluding hydrogens is 210 g/mol. The maximum atomic E-state index is 10.1. The molecule has 0 radical (unpaired) electrons. The summed E-state index contributed by atoms with van der Waals surface area (Å²) >= 11 is 2.86. The second-order valence-corrected chi connectivity index (χ2v) is 3.09. The lowest BCUT2D eigenvalue weighted by molar-refractivity contribution is -0.409. The fraction of sp³-hybridized carbons (Fsp3) is 0.714. The quantitative estimate of drug-likeness (QED) is 0.310. The highest BCUT2D eigenvalue weighted by molar-refractivity contribution is 9.11. The minimum Gasteiger partial charge on any atom is -0.258 e. The molecule has 0 saturated heterocycles. The van der Waals surface area contributed by atoms with Crippen LogP contribution in [0.1, 0.15) is 32.6 Å². The molecule has 0 rings (SSSR count). The standard InChI is InChI=1S/C7H12BrNO2/c1-2-3-4-5-6-7(8)9(10)11/h6H,2-5H2,1H3/b7-6+. The third kappa shape index (κ3) is 6.04. The van der Waals surface area contributed by atoms with E-state index in [1.54, 1.807) is 6.08 Å². The fourth-order valence-electron chi connectivity index (χ4n) is 0.690. The van der Waals surface area contributed by atoms with E-state index in [9.17, 15) is 10.1 Å². The molecule has 0 aromatic carbocycles. The molecule has 0 saturated carbocycles. The molecule has 0 aliphatic rings. The largest absolute Gasteiger partial charge is 0.306 e. The minimum atomic E-state index is -0.425. The lowest BCUT2D eigenvalue weighted by atomic mass is 10.2. The normalized spacial score (nSPS) is 11.6. The predicted molar refractivity (Wildman–Crippen MR) is 48.1 cm³/mol. The Morgan fingerprint density at radius 3 is 2.73 bits per heavy atom. The minimum absolute atomic E-state index is 0.0774. The van der Waals surface area contributed by atoms with Gasteiger partial charge in [-0.15, -0.1) is 0 Å². The Labute approximate surface area is 74.8 Å². The number of unbranched alkanes of at least 4 members (excludes halogenated alkanes) is 3. The average molecular weight is 222 g/mol. The fourth-order valence-corrected chi connectivity index (χ4v) is 0.919. The molecule has 0 bridgehead atoms. The number of rotatable bonds is 5. The van der Waals surface area contributed by atoms with Crippen LogP contribution >= 0.6 is 15.9 Å². The van der Waals surface area contributed by atoms with Gasteiger partial charge in [0, 0.05) is 22.0 Å². The van der Waals surface area contributed by atoms with Gasteiger partial charge in [-0.1, -0.05) is 19.8 Å². The zero-order chi connectivity index (χ0) is 8.69. The Hall–Kier alpha value is -0.380. The molecule has 0 atom stereocenters. The molecule has 0 unspecified atom stereocenters. The van der Waals surface area contributed by atoms with Crippen LogP contribution < -0.4 is 0 Å². The lowest BCUT2D eigenvalue weighted by Gasteiger charge is -1.90. The van der Waals surface area contributed by atoms with Gasteiger partial charge in [-0.05, 0) is 12.8 Å². The van der Waals surface area contributed by atoms with Crippen LogP contribution in [0.25, 0.3) is 0 Å². The van der Waals surface area contributed by atoms with Gasteiger partial charge >= 0.3 is 4.61 Å². The summed E-state index contributed by atoms with van der Waals surface area (Å²) in [7, 11) is 0. The maximum absolute atomic E-state index is 10.1. The van der Waals surface area contributed by atoms with Crippen LogP contribution in [0, 0.1) is 10.1 Å². The van der Waals surface area contributed by atoms with E-state index in [1.165, 1.54) is 0 Å². The van der Waals surface area contributed by atoms with Gasteiger partial charge in [-0.2, -0.15) is 0 Å². The number of hydrogen-bond donors (Lipinski definition) is 0. The molecule has 0 aromatic rings. The van der Waals surface area contributed by atoms with Crippen LogP contribution in [0.15, 0.2) is 10.7 Å². The molecule has 0 aliphatic carbocycles. The first-order chi connectivity index (χ1) is 5.18. The molecule has 0 amide bonds. The van der Waals surface area contributed by atoms with E-state index in [0.717, 1.165) is 25.7 Å². The Morgan fingerprint density at radius 1 is 1.64 bits per heavy atom. The molecule has 0 aromatic heterocycles. The summed E-state index contributed by atoms with van der Waals surface area (Å²) in [5.41, 5.74) is 0. The zero-order valence-corrected chi connectivity index (χ0v) is 8.13. The van der Waals surface area contributed by atoms with Crippen molar-refractivity contribution in [3.05, 3.63) is 20.8 Å². The van der Waals surface area contributed by atoms with Crippen molar-refractivity contribution in [2.45, 2.75) is 32.6 Å². The average Bonchev–Trinajstić information content (AvgIpc) is 1.97. The Kier molecular flexibility index (Phi) is 6.12. The number of allylic oxidation sites excluding steroid dienone is 1. The van der Waals surface area contributed by atoms with Gasteiger partial charge in [0.15, 0.2) is 0 Å². The Morgan fingerprint density at radius 2 is 2.27 bits per heavy atom. The number of nitrogens with zero attached hydrogens (tertiary/aromatic N) is 1. The topological polar surface area (TPSA) is 43.1 Å². The van der Waals surface area contributed by atoms with Crippen molar-refractivity contribution in [3.8, 4) is 0 Å². The van der Waals surface area contributed by atoms with Crippen LogP contribution in [-0.2, 0) is 0 Å². The number of hydrogen-bond acceptors (Lipinski definition) is 2. The van der Waals surface area contributed by atoms with E-state index in [4.69, 9.17) is 0 Å². The van der Waals surface area contributed by atoms with Crippen molar-refractivity contribution in [2.24, 2.45) is 0 Å². The summed E-state index contributed by atoms with van der Waals surface area (Å²) in [6, 6.07) is 0. The molecule has 0 aliphatic heterocycles. The van der Waals surface area contributed by atoms with Crippen molar-refractivity contribution < 1.29 is 4.92 Å². The predicted octanol–water partition coefficient (Wildman–Crippen LogP) is 3.08. The third-order valence-corrected chi connectivity index (χ3v) is 1.91. The van der Waals surface area contributed by atoms with Crippen LogP contribution in [-0.4, -0.2) is 4.92 Å². The second-order valence-electron chi connectivity index (χ2n) is 2.28. The van der Waals surface area contributed by atoms with E-state index < -0.39 is 4.92 Å². The zero-order valence-electron chi connectivity index (χ0n) is 6.55. The van der Waals surface area contributed by atoms with E-state index in [0.29, 0.717) is 0 Å². The number of halogens is 1. The van der Waals surface area contributed by atoms with Crippen molar-refractivity contribution in [1.29, 1.82) is 0 Å². The summed E-state index contributed by atoms with van der Waals surface area (Å²) in [4.78, 5) is 9.63. The molecule has 4 heteroatoms. The van der Waals surface area contributed by atoms with Gasteiger partial charge in [0.25, 0.3) is 0 Å². The molecule has 64 valence electrons. The summed E-state index contributed by atoms with van der Waals surface area (Å²) in [5, 5.41) is 10.1. The van der Waals surface area contributed by atoms with Gasteiger partial charge in [0.2, 0.25) is 0 Å². The van der Waals surface area contributed by atoms with Crippen LogP contribution in [0.3, 0.4) is 0 Å². The van der Waals surface area contributed by atoms with E-state index >= 15 is 0 Å². The smallest absolute Gasteiger partial charge is 0.258 e. The highest BCUT2D eigenvalue weighted by Crippen LogP contribution is 2.08. The SMILES string of the molecule is CCCCC/C=C(\Br)[N+](=O)[O-]. The van der Waals surface area contributed by atoms with Gasteiger partial charge in [0.05, 0.1) is 4.92 Å². The summed E-state index contributed by atoms with van der Waals surface area (Å²) in [5.74, 6) is 0. The molecule has 3 nitrogen and oxygen atoms in total. The number of nitro groups is 1. The van der Waals surface area contributed by atoms with Crippen molar-refractivity contribution >= 4 is 15.9 Å². The first-order valence-corrected chi connectivity index (χ1v) is 4.47. The van der Waals surface area contributed by atoms with Gasteiger partial charge in [-0.3, -0.25) is 10.1 Å². The highest BCUT2D eigenvalue weighted by atomic mass is 79.9. The molecule has 0 fully saturated rings. The van der Waals surface area contributed by atoms with Gasteiger partial charge in [-0.25, -0.2) is 0 Å². The van der Waals surface area contributed by atoms with Crippen molar-refractivity contribution in [2.75, 3.05) is 0 Å². The maximum Gasteiger partial charge on any atom is 0.306 e. The first-order valence-electron chi connectivity index (χ1n) is 3.68. The van der Waals surface area contributed by atoms with Crippen molar-refractivity contribution in [1.82, 2.24) is 0 Å². The monoisotopic (exact) mass is 221 g/mol. The van der Waals surface area contributed by atoms with E-state index in [-0.39, 0.29) is 4.61 Å². The molecular formula is C7H12BrNO2. The lowest BCUT2D eigenvalue weighted by Crippen LogP contribution is -1.89. The first kappa shape index (κ1) is 10.6. The third-order valence-electron chi connectivity index (χ3n) is 1.29. The van der Waals surface area contributed by atoms with Gasteiger partial charge < -0.3 is 0 Å². The summed E-state index contributed by atoms with van der Waals surface area (Å²) < 4.78 is 0.0774. The molecule has 0 heterocycles. The van der Waals surface area contributed by atoms with E-state index in [2.05, 4.69) is 22.9 Å². The molecule has 0 spiro atoms. The second kappa shape index (κ2) is 6.34. The Bertz CT molecular complexity index is 157. The molecule has 0 N–H and O–H groups in total. The van der Waals surface area contributed by atoms with E-state index in [1.807, 2.05) is 0 Å².